The average Bonchev–Trinajstić information content (AvgIpc) is 2.54. The van der Waals surface area contributed by atoms with E-state index < -0.39 is 32.4 Å². The molecular formula is C13H16F3N3O5S. The molecule has 1 aliphatic heterocycles. The molecule has 0 aliphatic carbocycles. The summed E-state index contributed by atoms with van der Waals surface area (Å²) in [5.74, 6) is -0.342. The van der Waals surface area contributed by atoms with Crippen molar-refractivity contribution in [2.75, 3.05) is 43.9 Å². The number of nitro benzene ring substituents is 1. The van der Waals surface area contributed by atoms with Crippen LogP contribution in [0.2, 0.25) is 0 Å². The van der Waals surface area contributed by atoms with E-state index in [4.69, 9.17) is 4.74 Å². The van der Waals surface area contributed by atoms with E-state index >= 15 is 0 Å². The third-order valence-electron chi connectivity index (χ3n) is 3.56. The van der Waals surface area contributed by atoms with Crippen LogP contribution in [-0.2, 0) is 20.9 Å². The molecule has 0 radical (unpaired) electrons. The Morgan fingerprint density at radius 3 is 2.48 bits per heavy atom. The van der Waals surface area contributed by atoms with Gasteiger partial charge in [0.15, 0.2) is 0 Å². The van der Waals surface area contributed by atoms with E-state index in [9.17, 15) is 31.7 Å². The highest BCUT2D eigenvalue weighted by Crippen LogP contribution is 2.34. The Balaban J connectivity index is 2.06. The Kier molecular flexibility index (Phi) is 5.85. The summed E-state index contributed by atoms with van der Waals surface area (Å²) in [6.45, 7) is 0.853. The van der Waals surface area contributed by atoms with Crippen molar-refractivity contribution in [2.24, 2.45) is 0 Å². The minimum absolute atomic E-state index is 0.171. The summed E-state index contributed by atoms with van der Waals surface area (Å²) >= 11 is 0. The maximum atomic E-state index is 12.6. The molecule has 12 heteroatoms. The topological polar surface area (TPSA) is 102 Å². The second-order valence-corrected chi connectivity index (χ2v) is 7.33. The van der Waals surface area contributed by atoms with Crippen LogP contribution in [-0.4, -0.2) is 56.2 Å². The van der Waals surface area contributed by atoms with Gasteiger partial charge in [0.2, 0.25) is 10.0 Å². The lowest BCUT2D eigenvalue weighted by molar-refractivity contribution is -0.384. The minimum Gasteiger partial charge on any atom is -0.379 e. The van der Waals surface area contributed by atoms with Gasteiger partial charge >= 0.3 is 6.18 Å². The summed E-state index contributed by atoms with van der Waals surface area (Å²) in [7, 11) is -3.58. The van der Waals surface area contributed by atoms with Crippen molar-refractivity contribution >= 4 is 21.4 Å². The van der Waals surface area contributed by atoms with Crippen LogP contribution in [0.1, 0.15) is 5.56 Å². The van der Waals surface area contributed by atoms with Crippen LogP contribution < -0.4 is 5.32 Å². The summed E-state index contributed by atoms with van der Waals surface area (Å²) in [5.41, 5.74) is -2.08. The number of morpholine rings is 1. The maximum absolute atomic E-state index is 12.6. The smallest absolute Gasteiger partial charge is 0.379 e. The molecule has 0 atom stereocenters. The van der Waals surface area contributed by atoms with Crippen LogP contribution in [0.5, 0.6) is 0 Å². The third kappa shape index (κ3) is 5.03. The van der Waals surface area contributed by atoms with Crippen molar-refractivity contribution in [3.05, 3.63) is 33.9 Å². The summed E-state index contributed by atoms with van der Waals surface area (Å²) < 4.78 is 68.5. The highest BCUT2D eigenvalue weighted by Gasteiger charge is 2.33. The highest BCUT2D eigenvalue weighted by molar-refractivity contribution is 7.89. The zero-order valence-electron chi connectivity index (χ0n) is 13.0. The molecule has 0 unspecified atom stereocenters. The van der Waals surface area contributed by atoms with E-state index in [1.807, 2.05) is 0 Å². The number of hydrogen-bond donors (Lipinski definition) is 1. The van der Waals surface area contributed by atoms with Gasteiger partial charge in [0.05, 0.1) is 29.5 Å². The summed E-state index contributed by atoms with van der Waals surface area (Å²) in [5, 5.41) is 13.5. The fourth-order valence-corrected chi connectivity index (χ4v) is 3.60. The molecule has 25 heavy (non-hydrogen) atoms. The number of benzene rings is 1. The van der Waals surface area contributed by atoms with E-state index in [0.717, 1.165) is 6.07 Å². The normalized spacial score (nSPS) is 16.6. The third-order valence-corrected chi connectivity index (χ3v) is 5.43. The number of hydrogen-bond acceptors (Lipinski definition) is 6. The largest absolute Gasteiger partial charge is 0.416 e. The number of halogens is 3. The molecule has 1 heterocycles. The minimum atomic E-state index is -4.71. The maximum Gasteiger partial charge on any atom is 0.416 e. The number of nitrogens with zero attached hydrogens (tertiary/aromatic N) is 2. The van der Waals surface area contributed by atoms with Gasteiger partial charge in [-0.3, -0.25) is 10.1 Å². The number of ether oxygens (including phenoxy) is 1. The zero-order chi connectivity index (χ0) is 18.7. The number of rotatable bonds is 6. The number of alkyl halides is 3. The first kappa shape index (κ1) is 19.4. The van der Waals surface area contributed by atoms with Crippen molar-refractivity contribution in [2.45, 2.75) is 6.18 Å². The lowest BCUT2D eigenvalue weighted by Gasteiger charge is -2.26. The number of sulfonamides is 1. The van der Waals surface area contributed by atoms with Crippen LogP contribution in [0.25, 0.3) is 0 Å². The molecule has 1 aromatic carbocycles. The first-order chi connectivity index (χ1) is 11.6. The first-order valence-electron chi connectivity index (χ1n) is 7.26. The number of nitro groups is 1. The number of anilines is 1. The lowest BCUT2D eigenvalue weighted by Crippen LogP contribution is -2.42. The lowest BCUT2D eigenvalue weighted by atomic mass is 10.1. The zero-order valence-corrected chi connectivity index (χ0v) is 13.8. The molecule has 1 aliphatic rings. The molecule has 8 nitrogen and oxygen atoms in total. The Morgan fingerprint density at radius 1 is 1.28 bits per heavy atom. The molecule has 1 saturated heterocycles. The van der Waals surface area contributed by atoms with E-state index in [0.29, 0.717) is 12.1 Å². The van der Waals surface area contributed by atoms with Crippen LogP contribution in [0.4, 0.5) is 24.5 Å². The average molecular weight is 383 g/mol. The quantitative estimate of drug-likeness (QED) is 0.593. The van der Waals surface area contributed by atoms with Gasteiger partial charge in [0.1, 0.15) is 5.69 Å². The molecule has 1 aromatic rings. The molecule has 1 N–H and O–H groups in total. The van der Waals surface area contributed by atoms with Gasteiger partial charge in [-0.25, -0.2) is 8.42 Å². The second-order valence-electron chi connectivity index (χ2n) is 5.24. The van der Waals surface area contributed by atoms with Gasteiger partial charge in [-0.1, -0.05) is 0 Å². The predicted octanol–water partition coefficient (Wildman–Crippen LogP) is 1.69. The van der Waals surface area contributed by atoms with E-state index in [1.165, 1.54) is 4.31 Å². The van der Waals surface area contributed by atoms with Gasteiger partial charge in [-0.15, -0.1) is 0 Å². The molecule has 2 rings (SSSR count). The van der Waals surface area contributed by atoms with Crippen molar-refractivity contribution in [1.29, 1.82) is 0 Å². The molecule has 1 fully saturated rings. The summed E-state index contributed by atoms with van der Waals surface area (Å²) in [6.07, 6.45) is -4.71. The van der Waals surface area contributed by atoms with Crippen molar-refractivity contribution < 1.29 is 31.2 Å². The Bertz CT molecular complexity index is 733. The Morgan fingerprint density at radius 2 is 1.92 bits per heavy atom. The molecular weight excluding hydrogens is 367 g/mol. The van der Waals surface area contributed by atoms with Crippen LogP contribution in [0, 0.1) is 10.1 Å². The van der Waals surface area contributed by atoms with E-state index in [1.54, 1.807) is 0 Å². The highest BCUT2D eigenvalue weighted by atomic mass is 32.2. The predicted molar refractivity (Wildman–Crippen MR) is 82.8 cm³/mol. The molecule has 0 amide bonds. The molecule has 0 bridgehead atoms. The van der Waals surface area contributed by atoms with Gasteiger partial charge in [-0.05, 0) is 12.1 Å². The summed E-state index contributed by atoms with van der Waals surface area (Å²) in [6, 6.07) is 2.03. The SMILES string of the molecule is O=[N+]([O-])c1cc(C(F)(F)F)ccc1NCCS(=O)(=O)N1CCOCC1. The van der Waals surface area contributed by atoms with Gasteiger partial charge in [0, 0.05) is 25.7 Å². The van der Waals surface area contributed by atoms with Crippen molar-refractivity contribution in [3.63, 3.8) is 0 Å². The molecule has 0 saturated carbocycles. The Labute approximate surface area is 141 Å². The molecule has 0 aromatic heterocycles. The fraction of sp³-hybridized carbons (Fsp3) is 0.538. The van der Waals surface area contributed by atoms with Gasteiger partial charge < -0.3 is 10.1 Å². The first-order valence-corrected chi connectivity index (χ1v) is 8.87. The van der Waals surface area contributed by atoms with Gasteiger partial charge in [0.25, 0.3) is 5.69 Å². The van der Waals surface area contributed by atoms with E-state index in [2.05, 4.69) is 5.32 Å². The van der Waals surface area contributed by atoms with Crippen LogP contribution in [0.3, 0.4) is 0 Å². The monoisotopic (exact) mass is 383 g/mol. The van der Waals surface area contributed by atoms with E-state index in [-0.39, 0.29) is 44.3 Å². The summed E-state index contributed by atoms with van der Waals surface area (Å²) in [4.78, 5) is 10.0. The number of nitrogens with one attached hydrogen (secondary N) is 1. The van der Waals surface area contributed by atoms with Crippen molar-refractivity contribution in [1.82, 2.24) is 4.31 Å². The van der Waals surface area contributed by atoms with Crippen molar-refractivity contribution in [3.8, 4) is 0 Å². The van der Waals surface area contributed by atoms with Crippen LogP contribution >= 0.6 is 0 Å². The fourth-order valence-electron chi connectivity index (χ4n) is 2.28. The second kappa shape index (κ2) is 7.54. The molecule has 140 valence electrons. The molecule has 0 spiro atoms. The van der Waals surface area contributed by atoms with Gasteiger partial charge in [-0.2, -0.15) is 17.5 Å². The standard InChI is InChI=1S/C13H16F3N3O5S/c14-13(15,16)10-1-2-11(12(9-10)19(20)21)17-3-8-25(22,23)18-4-6-24-7-5-18/h1-2,9,17H,3-8H2. The Hall–Kier alpha value is -1.92. The van der Waals surface area contributed by atoms with Crippen LogP contribution in [0.15, 0.2) is 18.2 Å².